The normalized spacial score (nSPS) is 27.5. The summed E-state index contributed by atoms with van der Waals surface area (Å²) in [7, 11) is 16.0. The summed E-state index contributed by atoms with van der Waals surface area (Å²) in [5, 5.41) is 26.2. The average molecular weight is 1170 g/mol. The minimum absolute atomic E-state index is 0.0790. The summed E-state index contributed by atoms with van der Waals surface area (Å²) in [6, 6.07) is -7.65. The molecule has 20 nitrogen and oxygen atoms in total. The Morgan fingerprint density at radius 3 is 1.45 bits per heavy atom. The minimum atomic E-state index is -1.90. The second-order valence-electron chi connectivity index (χ2n) is 25.3. The molecule has 468 valence electrons. The minimum Gasteiger partial charge on any atom is -0.390 e. The van der Waals surface area contributed by atoms with E-state index >= 15 is 9.59 Å². The first-order valence-electron chi connectivity index (χ1n) is 29.5. The number of likely N-dealkylation sites (N-methyl/N-ethyl adjacent to an activating group) is 7. The number of nitrogens with zero attached hydrogens (tertiary/aromatic N) is 7. The first-order chi connectivity index (χ1) is 38.2. The topological polar surface area (TPSA) is 246 Å². The van der Waals surface area contributed by atoms with Crippen molar-refractivity contribution < 1.29 is 58.2 Å². The number of carbonyl (C=O) groups is 10. The number of amides is 7. The monoisotopic (exact) mass is 1160 g/mol. The lowest BCUT2D eigenvalue weighted by Crippen LogP contribution is -2.63. The number of hydrogen-bond donors (Lipinski definition) is 3. The van der Waals surface area contributed by atoms with Crippen LogP contribution in [0.5, 0.6) is 0 Å². The lowest BCUT2D eigenvalue weighted by Gasteiger charge is -2.41. The smallest absolute Gasteiger partial charge is 0.248 e. The zero-order valence-electron chi connectivity index (χ0n) is 54.2. The number of allylic oxidation sites excluding steroid dienone is 2. The van der Waals surface area contributed by atoms with E-state index in [2.05, 4.69) is 18.5 Å². The molecule has 3 N–H and O–H groups in total. The highest BCUT2D eigenvalue weighted by atomic mass is 16.3. The molecule has 0 saturated carbocycles. The van der Waals surface area contributed by atoms with Crippen LogP contribution in [-0.4, -0.2) is 209 Å². The third kappa shape index (κ3) is 20.2. The number of aliphatic hydroxyl groups is 2. The molecule has 1 heterocycles. The van der Waals surface area contributed by atoms with Crippen molar-refractivity contribution in [3.8, 4) is 0 Å². The highest BCUT2D eigenvalue weighted by molar-refractivity contribution is 6.12. The van der Waals surface area contributed by atoms with Crippen molar-refractivity contribution >= 4 is 66.5 Å². The maximum atomic E-state index is 15.1. The lowest BCUT2D eigenvalue weighted by molar-refractivity contribution is -0.157. The Balaban J connectivity index is 4.28. The molecule has 7 amide bonds. The molecule has 0 unspecified atom stereocenters. The quantitative estimate of drug-likeness (QED) is 0.160. The van der Waals surface area contributed by atoms with Crippen molar-refractivity contribution in [3.63, 3.8) is 0 Å². The van der Waals surface area contributed by atoms with Crippen molar-refractivity contribution in [2.75, 3.05) is 49.3 Å². The number of ketones is 3. The maximum absolute atomic E-state index is 15.1. The summed E-state index contributed by atoms with van der Waals surface area (Å²) >= 11 is 0. The van der Waals surface area contributed by atoms with Gasteiger partial charge in [0.05, 0.1) is 31.4 Å². The van der Waals surface area contributed by atoms with Gasteiger partial charge in [-0.1, -0.05) is 122 Å². The predicted octanol–water partition coefficient (Wildman–Crippen LogP) is 5.12. The molecule has 1 saturated heterocycles. The van der Waals surface area contributed by atoms with E-state index < -0.39 is 150 Å². The maximum Gasteiger partial charge on any atom is 0.248 e. The first kappa shape index (κ1) is 75.3. The fourth-order valence-corrected chi connectivity index (χ4v) is 10.7. The summed E-state index contributed by atoms with van der Waals surface area (Å²) < 4.78 is 0. The number of rotatable bonds is 13. The zero-order valence-corrected chi connectivity index (χ0v) is 54.2. The molecule has 1 aliphatic heterocycles. The molecule has 12 atom stereocenters. The van der Waals surface area contributed by atoms with Crippen LogP contribution in [0.4, 0.5) is 0 Å². The molecule has 0 spiro atoms. The van der Waals surface area contributed by atoms with E-state index in [4.69, 9.17) is 7.85 Å². The van der Waals surface area contributed by atoms with E-state index in [0.717, 1.165) is 14.7 Å². The third-order valence-corrected chi connectivity index (χ3v) is 16.3. The molecule has 0 aromatic carbocycles. The fourth-order valence-electron chi connectivity index (χ4n) is 10.7. The van der Waals surface area contributed by atoms with Crippen LogP contribution in [-0.2, 0) is 47.9 Å². The number of aliphatic hydroxyl groups excluding tert-OH is 2. The molecule has 0 aromatic heterocycles. The van der Waals surface area contributed by atoms with Crippen LogP contribution in [0, 0.1) is 53.3 Å². The van der Waals surface area contributed by atoms with Gasteiger partial charge >= 0.3 is 0 Å². The summed E-state index contributed by atoms with van der Waals surface area (Å²) in [5.74, 6) is -11.1. The summed E-state index contributed by atoms with van der Waals surface area (Å²) in [6.45, 7) is 32.8. The van der Waals surface area contributed by atoms with E-state index in [9.17, 15) is 48.6 Å². The molecule has 1 fully saturated rings. The Kier molecular flexibility index (Phi) is 30.6. The van der Waals surface area contributed by atoms with Crippen molar-refractivity contribution in [1.82, 2.24) is 39.6 Å². The molecule has 1 rings (SSSR count). The van der Waals surface area contributed by atoms with Gasteiger partial charge in [-0.05, 0) is 68.1 Å². The van der Waals surface area contributed by atoms with Crippen LogP contribution in [0.25, 0.3) is 0 Å². The third-order valence-electron chi connectivity index (χ3n) is 16.3. The molecular weight excluding hydrogens is 1060 g/mol. The van der Waals surface area contributed by atoms with Gasteiger partial charge in [-0.2, -0.15) is 0 Å². The zero-order chi connectivity index (χ0) is 64.6. The summed E-state index contributed by atoms with van der Waals surface area (Å²) in [5.41, 5.74) is -0.205. The average Bonchev–Trinajstić information content (AvgIpc) is 3.62. The van der Waals surface area contributed by atoms with Gasteiger partial charge in [0.1, 0.15) is 36.0 Å². The van der Waals surface area contributed by atoms with E-state index in [1.807, 2.05) is 41.5 Å². The van der Waals surface area contributed by atoms with Crippen LogP contribution < -0.4 is 5.32 Å². The van der Waals surface area contributed by atoms with Crippen LogP contribution >= 0.6 is 0 Å². The molecule has 21 heteroatoms. The number of hydrogen-bond acceptors (Lipinski definition) is 13. The fraction of sp³-hybridized carbons (Fsp3) is 0.742. The summed E-state index contributed by atoms with van der Waals surface area (Å²) in [6.07, 6.45) is -0.457. The molecule has 2 radical (unpaired) electrons. The van der Waals surface area contributed by atoms with Gasteiger partial charge in [0.2, 0.25) is 41.4 Å². The second-order valence-corrected chi connectivity index (χ2v) is 25.3. The van der Waals surface area contributed by atoms with Crippen molar-refractivity contribution in [2.24, 2.45) is 53.3 Å². The lowest BCUT2D eigenvalue weighted by atomic mass is 9.86. The second kappa shape index (κ2) is 33.7. The van der Waals surface area contributed by atoms with Crippen LogP contribution in [0.1, 0.15) is 142 Å². The number of carbonyl (C=O) groups excluding carboxylic acids is 10. The molecule has 0 aromatic rings. The van der Waals surface area contributed by atoms with Gasteiger partial charge in [-0.15, -0.1) is 0 Å². The molecule has 0 aliphatic carbocycles. The molecule has 1 aliphatic rings. The van der Waals surface area contributed by atoms with Gasteiger partial charge in [-0.3, -0.25) is 47.9 Å². The number of nitrogens with one attached hydrogen (secondary N) is 1. The van der Waals surface area contributed by atoms with Gasteiger partial charge < -0.3 is 49.8 Å². The number of Topliss-reactive ketones (excluding diaryl/α,β-unsaturated/α-hetero) is 3. The highest BCUT2D eigenvalue weighted by Gasteiger charge is 2.45. The van der Waals surface area contributed by atoms with Crippen LogP contribution in [0.15, 0.2) is 36.7 Å². The Labute approximate surface area is 498 Å². The Hall–Kier alpha value is -5.70. The van der Waals surface area contributed by atoms with Crippen molar-refractivity contribution in [3.05, 3.63) is 36.7 Å². The van der Waals surface area contributed by atoms with Gasteiger partial charge in [0.25, 0.3) is 0 Å². The SMILES string of the molecule is [B]C[C@@H]1NC(=O)[C@H]([C@H](O)[C@H](C)C/C=C/C)N(C)C(=O)[C@H](C(C)C)N(C)C(=O)[C@H](CC(C)C)N(C)C(=O)[C@H](CC(C)C)N(C)C(=O)[C@@H](C)CC(=O)[C@H](C)CC(=O)[C@H](CC(C)C)N(C)C(=O)[C@H](C(C)C)CC(=O)[C@H](O)N(C)C(=C)C(=C)N(C)C1=O. The van der Waals surface area contributed by atoms with Gasteiger partial charge in [-0.25, -0.2) is 0 Å². The van der Waals surface area contributed by atoms with E-state index in [1.54, 1.807) is 67.5 Å². The van der Waals surface area contributed by atoms with Crippen LogP contribution in [0.2, 0.25) is 6.32 Å². The Morgan fingerprint density at radius 2 is 0.988 bits per heavy atom. The Bertz CT molecular complexity index is 2340. The van der Waals surface area contributed by atoms with E-state index in [-0.39, 0.29) is 67.0 Å². The predicted molar refractivity (Wildman–Crippen MR) is 323 cm³/mol. The highest BCUT2D eigenvalue weighted by Crippen LogP contribution is 2.29. The Morgan fingerprint density at radius 1 is 0.542 bits per heavy atom. The molecule has 0 bridgehead atoms. The van der Waals surface area contributed by atoms with E-state index in [0.29, 0.717) is 6.42 Å². The largest absolute Gasteiger partial charge is 0.390 e. The molecular formula is C62H105BN8O12. The van der Waals surface area contributed by atoms with Gasteiger partial charge in [0.15, 0.2) is 17.8 Å². The standard InChI is InChI=1S/C62H105BN8O12/c1-24-25-26-39(12)54(75)53-55(76)64-45(33-63)58(79)65(17)42(15)43(16)66(18)61(82)51(74)32-44(37(8)9)57(78)67(19)46(27-34(2)3)50(73)30-40(13)49(72)31-41(14)56(77)68(20)47(28-35(4)5)59(80)69(21)48(29-36(6)7)60(81)70(22)52(38(10)11)62(83)71(53)23/h24-25,34-41,44-48,52-54,61,75,82H,15-16,26-33H2,1-14,17-23H3,(H,64,76)/b25-24+/t39-,40-,41+,44+,45+,46+,47+,48+,52+,53+,54-,61+/m1/s1. The first-order valence-corrected chi connectivity index (χ1v) is 29.5. The van der Waals surface area contributed by atoms with Gasteiger partial charge in [0, 0.05) is 86.3 Å². The summed E-state index contributed by atoms with van der Waals surface area (Å²) in [4.78, 5) is 154. The van der Waals surface area contributed by atoms with E-state index in [1.165, 1.54) is 68.9 Å². The van der Waals surface area contributed by atoms with Crippen molar-refractivity contribution in [2.45, 2.75) is 197 Å². The molecule has 83 heavy (non-hydrogen) atoms. The van der Waals surface area contributed by atoms with Crippen LogP contribution in [0.3, 0.4) is 0 Å². The van der Waals surface area contributed by atoms with Crippen molar-refractivity contribution in [1.29, 1.82) is 0 Å².